The summed E-state index contributed by atoms with van der Waals surface area (Å²) in [6, 6.07) is 3.77. The number of aliphatic carboxylic acids is 1. The van der Waals surface area contributed by atoms with Crippen molar-refractivity contribution in [2.24, 2.45) is 11.3 Å². The third-order valence-electron chi connectivity index (χ3n) is 5.14. The van der Waals surface area contributed by atoms with Crippen molar-refractivity contribution in [1.29, 1.82) is 0 Å². The molecule has 1 N–H and O–H groups in total. The zero-order chi connectivity index (χ0) is 16.4. The van der Waals surface area contributed by atoms with Gasteiger partial charge in [-0.25, -0.2) is 0 Å². The van der Waals surface area contributed by atoms with E-state index in [9.17, 15) is 14.7 Å². The Labute approximate surface area is 135 Å². The van der Waals surface area contributed by atoms with Gasteiger partial charge in [-0.15, -0.1) is 0 Å². The average molecular weight is 318 g/mol. The van der Waals surface area contributed by atoms with E-state index < -0.39 is 11.4 Å². The smallest absolute Gasteiger partial charge is 0.309 e. The van der Waals surface area contributed by atoms with Crippen molar-refractivity contribution in [3.05, 3.63) is 30.1 Å². The molecule has 2 aliphatic heterocycles. The van der Waals surface area contributed by atoms with Gasteiger partial charge in [0.25, 0.3) is 0 Å². The highest BCUT2D eigenvalue weighted by Gasteiger charge is 2.42. The standard InChI is InChI=1S/C17H22N2O4/c1-17(16(21)22)5-9-19(10-6-17)15(20)13-4-11-23-14(13)12-2-7-18-8-3-12/h2-3,7-8,13-14H,4-6,9-11H2,1H3,(H,21,22)/t13-,14+/m1/s1. The van der Waals surface area contributed by atoms with Crippen LogP contribution in [0.4, 0.5) is 0 Å². The van der Waals surface area contributed by atoms with Gasteiger partial charge >= 0.3 is 5.97 Å². The van der Waals surface area contributed by atoms with E-state index in [1.54, 1.807) is 24.2 Å². The molecule has 1 aromatic heterocycles. The number of rotatable bonds is 3. The van der Waals surface area contributed by atoms with E-state index in [4.69, 9.17) is 4.74 Å². The summed E-state index contributed by atoms with van der Waals surface area (Å²) in [4.78, 5) is 30.0. The highest BCUT2D eigenvalue weighted by atomic mass is 16.5. The summed E-state index contributed by atoms with van der Waals surface area (Å²) in [5.41, 5.74) is 0.260. The molecule has 23 heavy (non-hydrogen) atoms. The minimum absolute atomic E-state index is 0.0803. The summed E-state index contributed by atoms with van der Waals surface area (Å²) in [7, 11) is 0. The molecule has 6 heteroatoms. The molecule has 0 saturated carbocycles. The second kappa shape index (κ2) is 6.28. The summed E-state index contributed by atoms with van der Waals surface area (Å²) in [6.45, 7) is 3.34. The molecule has 2 atom stereocenters. The van der Waals surface area contributed by atoms with E-state index >= 15 is 0 Å². The van der Waals surface area contributed by atoms with Gasteiger partial charge in [0, 0.05) is 32.1 Å². The van der Waals surface area contributed by atoms with Gasteiger partial charge in [-0.1, -0.05) is 0 Å². The number of hydrogen-bond donors (Lipinski definition) is 1. The maximum absolute atomic E-state index is 12.8. The van der Waals surface area contributed by atoms with Crippen LogP contribution in [0.2, 0.25) is 0 Å². The minimum Gasteiger partial charge on any atom is -0.481 e. The van der Waals surface area contributed by atoms with E-state index in [0.717, 1.165) is 5.56 Å². The zero-order valence-electron chi connectivity index (χ0n) is 13.3. The summed E-state index contributed by atoms with van der Waals surface area (Å²) >= 11 is 0. The molecular formula is C17H22N2O4. The number of carboxylic acid groups (broad SMARTS) is 1. The molecule has 3 heterocycles. The third-order valence-corrected chi connectivity index (χ3v) is 5.14. The van der Waals surface area contributed by atoms with Crippen molar-refractivity contribution in [2.75, 3.05) is 19.7 Å². The third kappa shape index (κ3) is 3.08. The summed E-state index contributed by atoms with van der Waals surface area (Å²) in [5.74, 6) is -0.883. The van der Waals surface area contributed by atoms with E-state index in [1.165, 1.54) is 0 Å². The molecule has 6 nitrogen and oxygen atoms in total. The summed E-state index contributed by atoms with van der Waals surface area (Å²) < 4.78 is 5.77. The van der Waals surface area contributed by atoms with E-state index in [-0.39, 0.29) is 17.9 Å². The molecule has 3 rings (SSSR count). The highest BCUT2D eigenvalue weighted by molar-refractivity contribution is 5.81. The number of carbonyl (C=O) groups is 2. The lowest BCUT2D eigenvalue weighted by Gasteiger charge is -2.38. The van der Waals surface area contributed by atoms with Gasteiger partial charge in [-0.3, -0.25) is 14.6 Å². The van der Waals surface area contributed by atoms with Crippen molar-refractivity contribution in [2.45, 2.75) is 32.3 Å². The second-order valence-electron chi connectivity index (χ2n) is 6.66. The van der Waals surface area contributed by atoms with Crippen molar-refractivity contribution in [3.63, 3.8) is 0 Å². The first kappa shape index (κ1) is 15.9. The Morgan fingerprint density at radius 1 is 1.30 bits per heavy atom. The van der Waals surface area contributed by atoms with E-state index in [1.807, 2.05) is 12.1 Å². The predicted molar refractivity (Wildman–Crippen MR) is 82.6 cm³/mol. The van der Waals surface area contributed by atoms with Crippen molar-refractivity contribution in [1.82, 2.24) is 9.88 Å². The Morgan fingerprint density at radius 3 is 2.57 bits per heavy atom. The Kier molecular flexibility index (Phi) is 4.35. The molecule has 0 aliphatic carbocycles. The number of carbonyl (C=O) groups excluding carboxylic acids is 1. The first-order valence-electron chi connectivity index (χ1n) is 8.05. The lowest BCUT2D eigenvalue weighted by molar-refractivity contribution is -0.154. The van der Waals surface area contributed by atoms with Crippen LogP contribution in [0.3, 0.4) is 0 Å². The largest absolute Gasteiger partial charge is 0.481 e. The van der Waals surface area contributed by atoms with Crippen LogP contribution in [0, 0.1) is 11.3 Å². The molecule has 124 valence electrons. The lowest BCUT2D eigenvalue weighted by Crippen LogP contribution is -2.47. The van der Waals surface area contributed by atoms with Crippen LogP contribution in [0.15, 0.2) is 24.5 Å². The minimum atomic E-state index is -0.775. The molecular weight excluding hydrogens is 296 g/mol. The van der Waals surface area contributed by atoms with Gasteiger partial charge in [0.05, 0.1) is 17.4 Å². The van der Waals surface area contributed by atoms with Crippen LogP contribution >= 0.6 is 0 Å². The topological polar surface area (TPSA) is 79.7 Å². The van der Waals surface area contributed by atoms with Gasteiger partial charge in [0.2, 0.25) is 5.91 Å². The Morgan fingerprint density at radius 2 is 1.96 bits per heavy atom. The highest BCUT2D eigenvalue weighted by Crippen LogP contribution is 2.37. The quantitative estimate of drug-likeness (QED) is 0.920. The van der Waals surface area contributed by atoms with E-state index in [0.29, 0.717) is 39.0 Å². The fourth-order valence-electron chi connectivity index (χ4n) is 3.39. The fourth-order valence-corrected chi connectivity index (χ4v) is 3.39. The first-order valence-corrected chi connectivity index (χ1v) is 8.05. The van der Waals surface area contributed by atoms with Crippen LogP contribution in [0.1, 0.15) is 37.9 Å². The van der Waals surface area contributed by atoms with Gasteiger partial charge < -0.3 is 14.7 Å². The molecule has 2 fully saturated rings. The SMILES string of the molecule is CC1(C(=O)O)CCN(C(=O)[C@@H]2CCO[C@H]2c2ccncc2)CC1. The summed E-state index contributed by atoms with van der Waals surface area (Å²) in [6.07, 6.45) is 4.90. The molecule has 2 aliphatic rings. The monoisotopic (exact) mass is 318 g/mol. The van der Waals surface area contributed by atoms with Gasteiger partial charge in [0.15, 0.2) is 0 Å². The molecule has 0 aromatic carbocycles. The fraction of sp³-hybridized carbons (Fsp3) is 0.588. The van der Waals surface area contributed by atoms with Crippen LogP contribution in [0.5, 0.6) is 0 Å². The molecule has 2 saturated heterocycles. The number of pyridine rings is 1. The maximum Gasteiger partial charge on any atom is 0.309 e. The van der Waals surface area contributed by atoms with Crippen LogP contribution in [-0.4, -0.2) is 46.6 Å². The molecule has 1 aromatic rings. The average Bonchev–Trinajstić information content (AvgIpc) is 3.05. The Bertz CT molecular complexity index is 582. The van der Waals surface area contributed by atoms with Crippen molar-refractivity contribution < 1.29 is 19.4 Å². The Hall–Kier alpha value is -1.95. The van der Waals surface area contributed by atoms with Crippen LogP contribution < -0.4 is 0 Å². The van der Waals surface area contributed by atoms with Gasteiger partial charge in [-0.05, 0) is 43.9 Å². The van der Waals surface area contributed by atoms with E-state index in [2.05, 4.69) is 4.98 Å². The molecule has 0 bridgehead atoms. The predicted octanol–water partition coefficient (Wildman–Crippen LogP) is 1.87. The maximum atomic E-state index is 12.8. The molecule has 0 radical (unpaired) electrons. The zero-order valence-corrected chi connectivity index (χ0v) is 13.3. The number of nitrogens with zero attached hydrogens (tertiary/aromatic N) is 2. The number of piperidine rings is 1. The first-order chi connectivity index (χ1) is 11.0. The number of hydrogen-bond acceptors (Lipinski definition) is 4. The van der Waals surface area contributed by atoms with Crippen molar-refractivity contribution >= 4 is 11.9 Å². The number of aromatic nitrogens is 1. The normalized spacial score (nSPS) is 26.9. The number of carboxylic acids is 1. The number of amides is 1. The molecule has 0 spiro atoms. The van der Waals surface area contributed by atoms with Gasteiger partial charge in [0.1, 0.15) is 0 Å². The van der Waals surface area contributed by atoms with Gasteiger partial charge in [-0.2, -0.15) is 0 Å². The molecule has 1 amide bonds. The van der Waals surface area contributed by atoms with Crippen molar-refractivity contribution in [3.8, 4) is 0 Å². The Balaban J connectivity index is 1.68. The second-order valence-corrected chi connectivity index (χ2v) is 6.66. The number of likely N-dealkylation sites (tertiary alicyclic amines) is 1. The van der Waals surface area contributed by atoms with Crippen LogP contribution in [0.25, 0.3) is 0 Å². The summed E-state index contributed by atoms with van der Waals surface area (Å²) in [5, 5.41) is 9.30. The lowest BCUT2D eigenvalue weighted by atomic mass is 9.80. The van der Waals surface area contributed by atoms with Crippen LogP contribution in [-0.2, 0) is 14.3 Å². The number of ether oxygens (including phenoxy) is 1. The molecule has 0 unspecified atom stereocenters.